The highest BCUT2D eigenvalue weighted by molar-refractivity contribution is 6.35. The molecule has 0 fully saturated rings. The smallest absolute Gasteiger partial charge is 0.240 e. The van der Waals surface area contributed by atoms with Crippen LogP contribution in [-0.4, -0.2) is 33.3 Å². The van der Waals surface area contributed by atoms with Crippen molar-refractivity contribution in [2.24, 2.45) is 0 Å². The molecule has 22 heavy (non-hydrogen) atoms. The summed E-state index contributed by atoms with van der Waals surface area (Å²) >= 11 is 12.3. The van der Waals surface area contributed by atoms with Gasteiger partial charge in [0.25, 0.3) is 0 Å². The lowest BCUT2D eigenvalue weighted by Crippen LogP contribution is -2.30. The van der Waals surface area contributed by atoms with Crippen molar-refractivity contribution in [3.8, 4) is 0 Å². The molecule has 2 aromatic rings. The van der Waals surface area contributed by atoms with Gasteiger partial charge in [0.05, 0.1) is 18.7 Å². The van der Waals surface area contributed by atoms with Gasteiger partial charge in [-0.05, 0) is 30.3 Å². The van der Waals surface area contributed by atoms with Crippen LogP contribution in [0.25, 0.3) is 0 Å². The fraction of sp³-hybridized carbons (Fsp3) is 0.467. The molecule has 0 spiro atoms. The Bertz CT molecular complexity index is 689. The Labute approximate surface area is 138 Å². The molecule has 118 valence electrons. The highest BCUT2D eigenvalue weighted by Gasteiger charge is 2.36. The van der Waals surface area contributed by atoms with Gasteiger partial charge in [-0.1, -0.05) is 35.3 Å². The number of fused-ring (bicyclic) bond motifs is 1. The summed E-state index contributed by atoms with van der Waals surface area (Å²) in [5.74, 6) is 1.22. The SMILES string of the molecule is CCc1noc(CN(C)[C@H]2c3cc(Cl)cc(Cl)c3C[C@H]2O)n1. The van der Waals surface area contributed by atoms with E-state index in [1.807, 2.05) is 24.9 Å². The fourth-order valence-corrected chi connectivity index (χ4v) is 3.56. The first-order valence-corrected chi connectivity index (χ1v) is 7.92. The summed E-state index contributed by atoms with van der Waals surface area (Å²) in [6.45, 7) is 2.43. The summed E-state index contributed by atoms with van der Waals surface area (Å²) < 4.78 is 5.22. The summed E-state index contributed by atoms with van der Waals surface area (Å²) in [6, 6.07) is 3.39. The van der Waals surface area contributed by atoms with E-state index in [2.05, 4.69) is 10.1 Å². The first-order valence-electron chi connectivity index (χ1n) is 7.17. The second kappa shape index (κ2) is 6.16. The third-order valence-electron chi connectivity index (χ3n) is 3.98. The summed E-state index contributed by atoms with van der Waals surface area (Å²) in [5.41, 5.74) is 1.91. The van der Waals surface area contributed by atoms with E-state index in [-0.39, 0.29) is 6.04 Å². The molecule has 1 N–H and O–H groups in total. The molecule has 1 aliphatic rings. The van der Waals surface area contributed by atoms with E-state index in [1.54, 1.807) is 6.07 Å². The zero-order valence-corrected chi connectivity index (χ0v) is 13.9. The Kier molecular flexibility index (Phi) is 4.41. The van der Waals surface area contributed by atoms with E-state index in [1.165, 1.54) is 0 Å². The van der Waals surface area contributed by atoms with Crippen molar-refractivity contribution in [1.82, 2.24) is 15.0 Å². The van der Waals surface area contributed by atoms with Crippen molar-refractivity contribution < 1.29 is 9.63 Å². The van der Waals surface area contributed by atoms with Gasteiger partial charge in [-0.3, -0.25) is 4.90 Å². The Morgan fingerprint density at radius 3 is 2.86 bits per heavy atom. The molecule has 2 atom stereocenters. The third-order valence-corrected chi connectivity index (χ3v) is 4.53. The Hall–Kier alpha value is -1.14. The van der Waals surface area contributed by atoms with Gasteiger partial charge in [-0.2, -0.15) is 4.98 Å². The molecule has 0 aliphatic heterocycles. The van der Waals surface area contributed by atoms with Crippen molar-refractivity contribution >= 4 is 23.2 Å². The van der Waals surface area contributed by atoms with Crippen molar-refractivity contribution in [1.29, 1.82) is 0 Å². The van der Waals surface area contributed by atoms with E-state index in [0.29, 0.717) is 34.7 Å². The van der Waals surface area contributed by atoms with Gasteiger partial charge in [0.2, 0.25) is 5.89 Å². The molecule has 0 unspecified atom stereocenters. The lowest BCUT2D eigenvalue weighted by molar-refractivity contribution is 0.0667. The fourth-order valence-electron chi connectivity index (χ4n) is 2.97. The number of aromatic nitrogens is 2. The minimum Gasteiger partial charge on any atom is -0.391 e. The third kappa shape index (κ3) is 2.86. The number of likely N-dealkylation sites (N-methyl/N-ethyl adjacent to an activating group) is 1. The minimum absolute atomic E-state index is 0.192. The lowest BCUT2D eigenvalue weighted by Gasteiger charge is -2.26. The molecule has 1 aromatic heterocycles. The van der Waals surface area contributed by atoms with Gasteiger partial charge in [-0.15, -0.1) is 0 Å². The van der Waals surface area contributed by atoms with Crippen LogP contribution in [0.3, 0.4) is 0 Å². The summed E-state index contributed by atoms with van der Waals surface area (Å²) in [7, 11) is 1.91. The molecule has 0 saturated carbocycles. The minimum atomic E-state index is -0.537. The zero-order valence-electron chi connectivity index (χ0n) is 12.4. The maximum Gasteiger partial charge on any atom is 0.240 e. The Morgan fingerprint density at radius 2 is 2.18 bits per heavy atom. The number of hydrogen-bond acceptors (Lipinski definition) is 5. The standard InChI is InChI=1S/C15H17Cl2N3O2/c1-3-13-18-14(22-19-13)7-20(2)15-10-4-8(16)5-11(17)9(10)6-12(15)21/h4-5,12,15,21H,3,6-7H2,1-2H3/t12-,15+/m1/s1. The molecule has 0 bridgehead atoms. The molecule has 0 radical (unpaired) electrons. The number of benzene rings is 1. The lowest BCUT2D eigenvalue weighted by atomic mass is 10.1. The van der Waals surface area contributed by atoms with E-state index in [9.17, 15) is 5.11 Å². The molecule has 3 rings (SSSR count). The van der Waals surface area contributed by atoms with Gasteiger partial charge in [0.1, 0.15) is 0 Å². The van der Waals surface area contributed by atoms with Gasteiger partial charge in [0.15, 0.2) is 5.82 Å². The predicted octanol–water partition coefficient (Wildman–Crippen LogP) is 3.03. The average Bonchev–Trinajstić information content (AvgIpc) is 3.02. The molecule has 5 nitrogen and oxygen atoms in total. The molecule has 1 heterocycles. The monoisotopic (exact) mass is 341 g/mol. The maximum atomic E-state index is 10.4. The van der Waals surface area contributed by atoms with Gasteiger partial charge >= 0.3 is 0 Å². The predicted molar refractivity (Wildman–Crippen MR) is 84.1 cm³/mol. The van der Waals surface area contributed by atoms with E-state index >= 15 is 0 Å². The van der Waals surface area contributed by atoms with Crippen LogP contribution in [0.5, 0.6) is 0 Å². The molecule has 7 heteroatoms. The molecular formula is C15H17Cl2N3O2. The first-order chi connectivity index (χ1) is 10.5. The summed E-state index contributed by atoms with van der Waals surface area (Å²) in [5, 5.41) is 15.5. The quantitative estimate of drug-likeness (QED) is 0.925. The summed E-state index contributed by atoms with van der Waals surface area (Å²) in [6.07, 6.45) is 0.710. The van der Waals surface area contributed by atoms with Crippen LogP contribution in [0.1, 0.15) is 35.8 Å². The van der Waals surface area contributed by atoms with Gasteiger partial charge in [0, 0.05) is 22.9 Å². The van der Waals surface area contributed by atoms with Crippen LogP contribution < -0.4 is 0 Å². The van der Waals surface area contributed by atoms with Crippen molar-refractivity contribution in [3.63, 3.8) is 0 Å². The van der Waals surface area contributed by atoms with Crippen LogP contribution in [0.15, 0.2) is 16.7 Å². The van der Waals surface area contributed by atoms with Crippen molar-refractivity contribution in [2.75, 3.05) is 7.05 Å². The highest BCUT2D eigenvalue weighted by Crippen LogP contribution is 2.41. The number of aryl methyl sites for hydroxylation is 1. The normalized spacial score (nSPS) is 20.6. The topological polar surface area (TPSA) is 62.4 Å². The second-order valence-electron chi connectivity index (χ2n) is 5.54. The Balaban J connectivity index is 1.85. The van der Waals surface area contributed by atoms with E-state index < -0.39 is 6.10 Å². The molecule has 0 saturated heterocycles. The van der Waals surface area contributed by atoms with E-state index in [4.69, 9.17) is 27.7 Å². The number of halogens is 2. The Morgan fingerprint density at radius 1 is 1.41 bits per heavy atom. The second-order valence-corrected chi connectivity index (χ2v) is 6.39. The maximum absolute atomic E-state index is 10.4. The largest absolute Gasteiger partial charge is 0.391 e. The molecule has 1 aliphatic carbocycles. The van der Waals surface area contributed by atoms with Crippen LogP contribution in [0.2, 0.25) is 10.0 Å². The van der Waals surface area contributed by atoms with Gasteiger partial charge in [-0.25, -0.2) is 0 Å². The number of hydrogen-bond donors (Lipinski definition) is 1. The van der Waals surface area contributed by atoms with Crippen LogP contribution >= 0.6 is 23.2 Å². The van der Waals surface area contributed by atoms with Crippen LogP contribution in [0, 0.1) is 0 Å². The molecule has 0 amide bonds. The zero-order chi connectivity index (χ0) is 15.9. The number of rotatable bonds is 4. The highest BCUT2D eigenvalue weighted by atomic mass is 35.5. The van der Waals surface area contributed by atoms with Gasteiger partial charge < -0.3 is 9.63 Å². The van der Waals surface area contributed by atoms with Crippen LogP contribution in [-0.2, 0) is 19.4 Å². The van der Waals surface area contributed by atoms with E-state index in [0.717, 1.165) is 17.5 Å². The molecule has 1 aromatic carbocycles. The van der Waals surface area contributed by atoms with Crippen LogP contribution in [0.4, 0.5) is 0 Å². The number of aliphatic hydroxyl groups is 1. The number of aliphatic hydroxyl groups excluding tert-OH is 1. The summed E-state index contributed by atoms with van der Waals surface area (Å²) in [4.78, 5) is 6.29. The number of nitrogens with zero attached hydrogens (tertiary/aromatic N) is 3. The van der Waals surface area contributed by atoms with Crippen molar-refractivity contribution in [2.45, 2.75) is 38.5 Å². The first kappa shape index (κ1) is 15.7. The van der Waals surface area contributed by atoms with Crippen molar-refractivity contribution in [3.05, 3.63) is 45.0 Å². The molecular weight excluding hydrogens is 325 g/mol. The average molecular weight is 342 g/mol.